The van der Waals surface area contributed by atoms with E-state index in [0.717, 1.165) is 0 Å². The van der Waals surface area contributed by atoms with Crippen LogP contribution in [0.15, 0.2) is 0 Å². The molecule has 0 radical (unpaired) electrons. The summed E-state index contributed by atoms with van der Waals surface area (Å²) in [6, 6.07) is 0. The number of aliphatic hydroxyl groups excluding tert-OH is 2. The number of phosphoric acid groups is 1. The fourth-order valence-electron chi connectivity index (χ4n) is 1.13. The first kappa shape index (κ1) is 23.1. The topological polar surface area (TPSA) is 150 Å². The van der Waals surface area contributed by atoms with Crippen LogP contribution in [0, 0.1) is 0 Å². The van der Waals surface area contributed by atoms with E-state index in [4.69, 9.17) is 24.2 Å². The third-order valence-corrected chi connectivity index (χ3v) is 4.30. The molecule has 0 aromatic rings. The Kier molecular flexibility index (Phi) is 13.5. The van der Waals surface area contributed by atoms with Crippen LogP contribution < -0.4 is 0 Å². The van der Waals surface area contributed by atoms with Crippen LogP contribution in [-0.2, 0) is 36.7 Å². The third kappa shape index (κ3) is 15.4. The van der Waals surface area contributed by atoms with E-state index in [1.165, 1.54) is 6.66 Å². The number of ether oxygens (including phenoxy) is 2. The van der Waals surface area contributed by atoms with E-state index in [1.807, 2.05) is 0 Å². The number of hydrogen-bond donors (Lipinski definition) is 3. The second-order valence-electron chi connectivity index (χ2n) is 3.95. The van der Waals surface area contributed by atoms with Gasteiger partial charge in [0, 0.05) is 6.66 Å². The first-order valence-corrected chi connectivity index (χ1v) is 10.2. The Morgan fingerprint density at radius 2 is 1.22 bits per heavy atom. The molecular formula is C10H24O11P2. The summed E-state index contributed by atoms with van der Waals surface area (Å²) in [5, 5.41) is 16.9. The summed E-state index contributed by atoms with van der Waals surface area (Å²) in [6.45, 7) is 0.182. The third-order valence-electron chi connectivity index (χ3n) is 2.05. The average molecular weight is 382 g/mol. The molecule has 140 valence electrons. The van der Waals surface area contributed by atoms with E-state index in [1.54, 1.807) is 0 Å². The summed E-state index contributed by atoms with van der Waals surface area (Å²) in [5.74, 6) is 0. The second-order valence-corrected chi connectivity index (χ2v) is 7.46. The van der Waals surface area contributed by atoms with E-state index in [2.05, 4.69) is 13.6 Å². The SMILES string of the molecule is CP(=O)(OCO)OCCOCCOP(=O)(O)OCCOCCO. The van der Waals surface area contributed by atoms with Crippen LogP contribution in [0.4, 0.5) is 0 Å². The largest absolute Gasteiger partial charge is 0.472 e. The van der Waals surface area contributed by atoms with Gasteiger partial charge in [0.05, 0.1) is 52.9 Å². The standard InChI is InChI=1S/C10H24O11P2/c1-22(13,21-10-12)18-7-4-17-6-9-20-23(14,15)19-8-5-16-3-2-11/h11-12H,2-10H2,1H3,(H,14,15). The summed E-state index contributed by atoms with van der Waals surface area (Å²) < 4.78 is 51.2. The van der Waals surface area contributed by atoms with Crippen LogP contribution in [-0.4, -0.2) is 81.4 Å². The molecule has 2 atom stereocenters. The summed E-state index contributed by atoms with van der Waals surface area (Å²) in [6.07, 6.45) is 0. The molecule has 0 amide bonds. The maximum atomic E-state index is 11.4. The summed E-state index contributed by atoms with van der Waals surface area (Å²) in [5.41, 5.74) is 0. The van der Waals surface area contributed by atoms with Crippen molar-refractivity contribution in [2.75, 3.05) is 66.3 Å². The van der Waals surface area contributed by atoms with E-state index >= 15 is 0 Å². The lowest BCUT2D eigenvalue weighted by molar-refractivity contribution is 0.0382. The van der Waals surface area contributed by atoms with Crippen molar-refractivity contribution in [3.8, 4) is 0 Å². The normalized spacial score (nSPS) is 16.9. The fourth-order valence-corrected chi connectivity index (χ4v) is 2.51. The van der Waals surface area contributed by atoms with Crippen molar-refractivity contribution in [2.45, 2.75) is 0 Å². The van der Waals surface area contributed by atoms with Crippen molar-refractivity contribution in [1.29, 1.82) is 0 Å². The maximum absolute atomic E-state index is 11.4. The number of hydrogen-bond acceptors (Lipinski definition) is 10. The van der Waals surface area contributed by atoms with E-state index in [0.29, 0.717) is 0 Å². The highest BCUT2D eigenvalue weighted by Gasteiger charge is 2.20. The molecule has 2 unspecified atom stereocenters. The lowest BCUT2D eigenvalue weighted by Gasteiger charge is -2.13. The predicted octanol–water partition coefficient (Wildman–Crippen LogP) is -0.0486. The van der Waals surface area contributed by atoms with Crippen LogP contribution in [0.1, 0.15) is 0 Å². The van der Waals surface area contributed by atoms with Gasteiger partial charge in [-0.1, -0.05) is 0 Å². The molecule has 0 rings (SSSR count). The Morgan fingerprint density at radius 1 is 0.739 bits per heavy atom. The van der Waals surface area contributed by atoms with Crippen molar-refractivity contribution in [3.63, 3.8) is 0 Å². The Balaban J connectivity index is 3.55. The van der Waals surface area contributed by atoms with Crippen LogP contribution >= 0.6 is 15.4 Å². The minimum atomic E-state index is -4.18. The van der Waals surface area contributed by atoms with Gasteiger partial charge in [-0.15, -0.1) is 0 Å². The zero-order valence-electron chi connectivity index (χ0n) is 12.9. The molecular weight excluding hydrogens is 358 g/mol. The lowest BCUT2D eigenvalue weighted by Crippen LogP contribution is -2.10. The highest BCUT2D eigenvalue weighted by Crippen LogP contribution is 2.43. The smallest absolute Gasteiger partial charge is 0.394 e. The van der Waals surface area contributed by atoms with Gasteiger partial charge >= 0.3 is 15.4 Å². The first-order valence-electron chi connectivity index (χ1n) is 6.68. The Bertz CT molecular complexity index is 378. The van der Waals surface area contributed by atoms with E-state index in [-0.39, 0.29) is 52.9 Å². The Labute approximate surface area is 134 Å². The molecule has 0 aliphatic rings. The average Bonchev–Trinajstić information content (AvgIpc) is 2.45. The van der Waals surface area contributed by atoms with Gasteiger partial charge in [0.1, 0.15) is 0 Å². The lowest BCUT2D eigenvalue weighted by atomic mass is 10.7. The van der Waals surface area contributed by atoms with E-state index in [9.17, 15) is 14.0 Å². The number of phosphoric ester groups is 1. The minimum absolute atomic E-state index is 0.00679. The molecule has 0 aromatic heterocycles. The first-order chi connectivity index (χ1) is 10.8. The Morgan fingerprint density at radius 3 is 1.70 bits per heavy atom. The monoisotopic (exact) mass is 382 g/mol. The van der Waals surface area contributed by atoms with Gasteiger partial charge in [0.2, 0.25) is 0 Å². The molecule has 0 aromatic carbocycles. The molecule has 0 bridgehead atoms. The van der Waals surface area contributed by atoms with Crippen LogP contribution in [0.25, 0.3) is 0 Å². The summed E-state index contributed by atoms with van der Waals surface area (Å²) in [4.78, 5) is 9.29. The van der Waals surface area contributed by atoms with Gasteiger partial charge in [0.25, 0.3) is 0 Å². The van der Waals surface area contributed by atoms with Crippen molar-refractivity contribution >= 4 is 15.4 Å². The summed E-state index contributed by atoms with van der Waals surface area (Å²) >= 11 is 0. The zero-order valence-corrected chi connectivity index (χ0v) is 14.7. The molecule has 0 spiro atoms. The minimum Gasteiger partial charge on any atom is -0.394 e. The van der Waals surface area contributed by atoms with Crippen molar-refractivity contribution in [2.24, 2.45) is 0 Å². The molecule has 13 heteroatoms. The molecule has 0 fully saturated rings. The highest BCUT2D eigenvalue weighted by atomic mass is 31.2. The molecule has 0 aliphatic heterocycles. The predicted molar refractivity (Wildman–Crippen MR) is 78.1 cm³/mol. The van der Waals surface area contributed by atoms with Crippen molar-refractivity contribution in [1.82, 2.24) is 0 Å². The molecule has 0 aliphatic carbocycles. The molecule has 23 heavy (non-hydrogen) atoms. The van der Waals surface area contributed by atoms with Gasteiger partial charge in [0.15, 0.2) is 6.79 Å². The Hall–Kier alpha value is 0.1000. The highest BCUT2D eigenvalue weighted by molar-refractivity contribution is 7.52. The van der Waals surface area contributed by atoms with E-state index < -0.39 is 22.2 Å². The van der Waals surface area contributed by atoms with Crippen molar-refractivity contribution < 1.29 is 51.8 Å². The van der Waals surface area contributed by atoms with Crippen LogP contribution in [0.5, 0.6) is 0 Å². The quantitative estimate of drug-likeness (QED) is 0.187. The zero-order chi connectivity index (χ0) is 17.6. The fraction of sp³-hybridized carbons (Fsp3) is 1.00. The van der Waals surface area contributed by atoms with Gasteiger partial charge < -0.3 is 29.1 Å². The molecule has 0 heterocycles. The second kappa shape index (κ2) is 13.4. The van der Waals surface area contributed by atoms with Gasteiger partial charge in [-0.2, -0.15) is 0 Å². The summed E-state index contributed by atoms with van der Waals surface area (Å²) in [7, 11) is -7.47. The molecule has 3 N–H and O–H groups in total. The van der Waals surface area contributed by atoms with Gasteiger partial charge in [-0.25, -0.2) is 4.57 Å². The van der Waals surface area contributed by atoms with Gasteiger partial charge in [-0.05, 0) is 0 Å². The number of rotatable bonds is 16. The molecule has 0 saturated carbocycles. The molecule has 0 saturated heterocycles. The van der Waals surface area contributed by atoms with Crippen LogP contribution in [0.3, 0.4) is 0 Å². The van der Waals surface area contributed by atoms with Gasteiger partial charge in [-0.3, -0.25) is 18.1 Å². The number of aliphatic hydroxyl groups is 2. The maximum Gasteiger partial charge on any atom is 0.472 e. The van der Waals surface area contributed by atoms with Crippen LogP contribution in [0.2, 0.25) is 0 Å². The molecule has 11 nitrogen and oxygen atoms in total. The van der Waals surface area contributed by atoms with Crippen molar-refractivity contribution in [3.05, 3.63) is 0 Å².